The van der Waals surface area contributed by atoms with Crippen molar-refractivity contribution < 1.29 is 14.3 Å². The molecule has 1 aliphatic carbocycles. The Bertz CT molecular complexity index is 465. The van der Waals surface area contributed by atoms with Crippen molar-refractivity contribution >= 4 is 17.8 Å². The van der Waals surface area contributed by atoms with Crippen LogP contribution in [-0.4, -0.2) is 24.2 Å². The fraction of sp³-hybridized carbons (Fsp3) is 0.429. The highest BCUT2D eigenvalue weighted by Gasteiger charge is 2.23. The Morgan fingerprint density at radius 2 is 2.05 bits per heavy atom. The molecule has 3 amide bonds. The third-order valence-corrected chi connectivity index (χ3v) is 2.62. The molecule has 1 fully saturated rings. The van der Waals surface area contributed by atoms with Gasteiger partial charge < -0.3 is 20.7 Å². The zero-order valence-electron chi connectivity index (χ0n) is 11.6. The number of amides is 3. The van der Waals surface area contributed by atoms with Gasteiger partial charge in [0.1, 0.15) is 5.75 Å². The van der Waals surface area contributed by atoms with Gasteiger partial charge >= 0.3 is 12.1 Å². The van der Waals surface area contributed by atoms with E-state index in [0.29, 0.717) is 17.5 Å². The molecule has 108 valence electrons. The monoisotopic (exact) mass is 277 g/mol. The first kappa shape index (κ1) is 14.2. The number of rotatable bonds is 4. The average molecular weight is 277 g/mol. The molecule has 0 atom stereocenters. The van der Waals surface area contributed by atoms with E-state index in [4.69, 9.17) is 4.74 Å². The largest absolute Gasteiger partial charge is 0.412 e. The van der Waals surface area contributed by atoms with Gasteiger partial charge in [0, 0.05) is 23.8 Å². The summed E-state index contributed by atoms with van der Waals surface area (Å²) in [4.78, 5) is 23.1. The summed E-state index contributed by atoms with van der Waals surface area (Å²) in [7, 11) is 0. The maximum Gasteiger partial charge on any atom is 0.412 e. The minimum Gasteiger partial charge on any atom is -0.410 e. The number of carbonyl (C=O) groups excluding carboxylic acids is 2. The van der Waals surface area contributed by atoms with Gasteiger partial charge in [0.25, 0.3) is 0 Å². The minimum absolute atomic E-state index is 0.00753. The Morgan fingerprint density at radius 3 is 2.70 bits per heavy atom. The molecule has 0 saturated heterocycles. The molecule has 0 spiro atoms. The number of benzene rings is 1. The number of anilines is 1. The molecule has 1 aromatic rings. The van der Waals surface area contributed by atoms with Crippen LogP contribution in [0.4, 0.5) is 15.3 Å². The first-order valence-corrected chi connectivity index (χ1v) is 6.69. The molecule has 1 aromatic carbocycles. The predicted molar refractivity (Wildman–Crippen MR) is 75.9 cm³/mol. The molecule has 0 heterocycles. The Morgan fingerprint density at radius 1 is 1.30 bits per heavy atom. The van der Waals surface area contributed by atoms with E-state index in [1.165, 1.54) is 0 Å². The van der Waals surface area contributed by atoms with Gasteiger partial charge in [-0.15, -0.1) is 0 Å². The van der Waals surface area contributed by atoms with Gasteiger partial charge in [-0.3, -0.25) is 0 Å². The second-order valence-corrected chi connectivity index (χ2v) is 5.09. The lowest BCUT2D eigenvalue weighted by molar-refractivity contribution is 0.198. The molecule has 6 nitrogen and oxygen atoms in total. The van der Waals surface area contributed by atoms with Crippen molar-refractivity contribution in [3.8, 4) is 5.75 Å². The molecule has 1 aliphatic rings. The van der Waals surface area contributed by atoms with Crippen molar-refractivity contribution in [3.63, 3.8) is 0 Å². The van der Waals surface area contributed by atoms with Gasteiger partial charge in [0.05, 0.1) is 0 Å². The second-order valence-electron chi connectivity index (χ2n) is 5.09. The van der Waals surface area contributed by atoms with E-state index in [2.05, 4.69) is 16.0 Å². The first-order chi connectivity index (χ1) is 9.52. The molecule has 6 heteroatoms. The van der Waals surface area contributed by atoms with Crippen LogP contribution in [0.15, 0.2) is 24.3 Å². The van der Waals surface area contributed by atoms with Crippen LogP contribution in [0.2, 0.25) is 0 Å². The second kappa shape index (κ2) is 6.27. The van der Waals surface area contributed by atoms with Crippen LogP contribution in [0, 0.1) is 0 Å². The van der Waals surface area contributed by atoms with E-state index in [-0.39, 0.29) is 12.1 Å². The van der Waals surface area contributed by atoms with Crippen LogP contribution < -0.4 is 20.7 Å². The van der Waals surface area contributed by atoms with Gasteiger partial charge in [0.2, 0.25) is 0 Å². The highest BCUT2D eigenvalue weighted by molar-refractivity contribution is 5.89. The van der Waals surface area contributed by atoms with Crippen LogP contribution in [0.1, 0.15) is 26.7 Å². The standard InChI is InChI=1S/C14H19N3O3/c1-9(2)15-14(19)20-12-5-3-4-11(8-12)17-13(18)16-10-6-7-10/h3-5,8-10H,6-7H2,1-2H3,(H,15,19)(H2,16,17,18). The molecule has 20 heavy (non-hydrogen) atoms. The Balaban J connectivity index is 1.89. The third-order valence-electron chi connectivity index (χ3n) is 2.62. The summed E-state index contributed by atoms with van der Waals surface area (Å²) in [6.07, 6.45) is 1.55. The summed E-state index contributed by atoms with van der Waals surface area (Å²) in [5.74, 6) is 0.382. The number of hydrogen-bond donors (Lipinski definition) is 3. The zero-order chi connectivity index (χ0) is 14.5. The SMILES string of the molecule is CC(C)NC(=O)Oc1cccc(NC(=O)NC2CC2)c1. The summed E-state index contributed by atoms with van der Waals surface area (Å²) in [6, 6.07) is 6.77. The van der Waals surface area contributed by atoms with Crippen molar-refractivity contribution in [2.45, 2.75) is 38.8 Å². The highest BCUT2D eigenvalue weighted by atomic mass is 16.6. The molecule has 0 unspecified atom stereocenters. The molecule has 0 bridgehead atoms. The molecule has 1 saturated carbocycles. The van der Waals surface area contributed by atoms with Crippen molar-refractivity contribution in [2.24, 2.45) is 0 Å². The number of ether oxygens (including phenoxy) is 1. The normalized spacial score (nSPS) is 13.8. The van der Waals surface area contributed by atoms with Crippen LogP contribution >= 0.6 is 0 Å². The fourth-order valence-corrected chi connectivity index (χ4v) is 1.59. The summed E-state index contributed by atoms with van der Waals surface area (Å²) in [6.45, 7) is 3.70. The van der Waals surface area contributed by atoms with Crippen LogP contribution in [-0.2, 0) is 0 Å². The number of carbonyl (C=O) groups is 2. The summed E-state index contributed by atoms with van der Waals surface area (Å²) < 4.78 is 5.12. The topological polar surface area (TPSA) is 79.5 Å². The van der Waals surface area contributed by atoms with E-state index >= 15 is 0 Å². The zero-order valence-corrected chi connectivity index (χ0v) is 11.6. The predicted octanol–water partition coefficient (Wildman–Crippen LogP) is 2.47. The first-order valence-electron chi connectivity index (χ1n) is 6.69. The van der Waals surface area contributed by atoms with Gasteiger partial charge in [-0.05, 0) is 38.8 Å². The van der Waals surface area contributed by atoms with Gasteiger partial charge in [0.15, 0.2) is 0 Å². The number of nitrogens with one attached hydrogen (secondary N) is 3. The average Bonchev–Trinajstić information content (AvgIpc) is 3.11. The summed E-state index contributed by atoms with van der Waals surface area (Å²) >= 11 is 0. The van der Waals surface area contributed by atoms with E-state index < -0.39 is 6.09 Å². The maximum absolute atomic E-state index is 11.6. The molecule has 0 aliphatic heterocycles. The van der Waals surface area contributed by atoms with E-state index in [0.717, 1.165) is 12.8 Å². The molecular weight excluding hydrogens is 258 g/mol. The van der Waals surface area contributed by atoms with Gasteiger partial charge in [-0.25, -0.2) is 9.59 Å². The van der Waals surface area contributed by atoms with Gasteiger partial charge in [-0.1, -0.05) is 6.07 Å². The minimum atomic E-state index is -0.514. The molecule has 0 aromatic heterocycles. The smallest absolute Gasteiger partial charge is 0.410 e. The quantitative estimate of drug-likeness (QED) is 0.791. The van der Waals surface area contributed by atoms with Crippen molar-refractivity contribution in [1.29, 1.82) is 0 Å². The van der Waals surface area contributed by atoms with Gasteiger partial charge in [-0.2, -0.15) is 0 Å². The van der Waals surface area contributed by atoms with E-state index in [1.54, 1.807) is 24.3 Å². The highest BCUT2D eigenvalue weighted by Crippen LogP contribution is 2.20. The summed E-state index contributed by atoms with van der Waals surface area (Å²) in [5.41, 5.74) is 0.581. The number of hydrogen-bond acceptors (Lipinski definition) is 3. The summed E-state index contributed by atoms with van der Waals surface area (Å²) in [5, 5.41) is 8.15. The Labute approximate surface area is 117 Å². The molecule has 3 N–H and O–H groups in total. The van der Waals surface area contributed by atoms with Crippen molar-refractivity contribution in [3.05, 3.63) is 24.3 Å². The van der Waals surface area contributed by atoms with Crippen molar-refractivity contribution in [2.75, 3.05) is 5.32 Å². The maximum atomic E-state index is 11.6. The lowest BCUT2D eigenvalue weighted by Crippen LogP contribution is -2.32. The van der Waals surface area contributed by atoms with E-state index in [1.807, 2.05) is 13.8 Å². The lowest BCUT2D eigenvalue weighted by atomic mass is 10.3. The fourth-order valence-electron chi connectivity index (χ4n) is 1.59. The Hall–Kier alpha value is -2.24. The van der Waals surface area contributed by atoms with Crippen LogP contribution in [0.5, 0.6) is 5.75 Å². The van der Waals surface area contributed by atoms with Crippen molar-refractivity contribution in [1.82, 2.24) is 10.6 Å². The third kappa shape index (κ3) is 4.79. The molecular formula is C14H19N3O3. The molecule has 0 radical (unpaired) electrons. The van der Waals surface area contributed by atoms with Crippen LogP contribution in [0.25, 0.3) is 0 Å². The molecule has 2 rings (SSSR count). The lowest BCUT2D eigenvalue weighted by Gasteiger charge is -2.10. The number of urea groups is 1. The van der Waals surface area contributed by atoms with E-state index in [9.17, 15) is 9.59 Å². The van der Waals surface area contributed by atoms with Crippen LogP contribution in [0.3, 0.4) is 0 Å². The Kier molecular flexibility index (Phi) is 4.45.